The molecular weight excluding hydrogens is 358 g/mol. The van der Waals surface area contributed by atoms with Crippen LogP contribution in [0.3, 0.4) is 0 Å². The van der Waals surface area contributed by atoms with E-state index in [2.05, 4.69) is 4.90 Å². The van der Waals surface area contributed by atoms with E-state index in [1.807, 2.05) is 26.1 Å². The molecule has 0 N–H and O–H groups in total. The fourth-order valence-corrected chi connectivity index (χ4v) is 6.03. The molecular formula is C19H20F2N2O2S. The molecule has 0 bridgehead atoms. The third kappa shape index (κ3) is 2.53. The third-order valence-electron chi connectivity index (χ3n) is 5.34. The predicted molar refractivity (Wildman–Crippen MR) is 95.8 cm³/mol. The van der Waals surface area contributed by atoms with E-state index in [-0.39, 0.29) is 12.0 Å². The number of likely N-dealkylation sites (tertiary alicyclic amines) is 1. The molecule has 0 radical (unpaired) electrons. The zero-order valence-electron chi connectivity index (χ0n) is 14.6. The smallest absolute Gasteiger partial charge is 0.270 e. The summed E-state index contributed by atoms with van der Waals surface area (Å²) in [5.41, 5.74) is 2.50. The molecule has 0 amide bonds. The molecule has 7 heteroatoms. The summed E-state index contributed by atoms with van der Waals surface area (Å²) >= 11 is 0. The Morgan fingerprint density at radius 1 is 1.12 bits per heavy atom. The zero-order valence-corrected chi connectivity index (χ0v) is 15.4. The van der Waals surface area contributed by atoms with Gasteiger partial charge in [-0.2, -0.15) is 0 Å². The number of rotatable bonds is 2. The fraction of sp³-hybridized carbons (Fsp3) is 0.368. The molecule has 0 aliphatic carbocycles. The van der Waals surface area contributed by atoms with Crippen LogP contribution in [0.2, 0.25) is 0 Å². The number of likely N-dealkylation sites (N-methyl/N-ethyl adjacent to an activating group) is 1. The molecule has 2 atom stereocenters. The van der Waals surface area contributed by atoms with Gasteiger partial charge in [-0.25, -0.2) is 17.2 Å². The number of hydrogen-bond acceptors (Lipinski definition) is 3. The summed E-state index contributed by atoms with van der Waals surface area (Å²) in [7, 11) is -2.35. The SMILES string of the molecule is Cc1ccc2c(c1)C1CN(C)CCC1N2S(=O)(=O)c1c(F)cccc1F. The van der Waals surface area contributed by atoms with E-state index in [4.69, 9.17) is 0 Å². The van der Waals surface area contributed by atoms with Gasteiger partial charge >= 0.3 is 0 Å². The van der Waals surface area contributed by atoms with Gasteiger partial charge in [-0.3, -0.25) is 4.31 Å². The van der Waals surface area contributed by atoms with E-state index in [1.165, 1.54) is 10.4 Å². The van der Waals surface area contributed by atoms with Gasteiger partial charge in [0.25, 0.3) is 10.0 Å². The van der Waals surface area contributed by atoms with Gasteiger partial charge in [0.1, 0.15) is 11.6 Å². The van der Waals surface area contributed by atoms with E-state index in [1.54, 1.807) is 6.07 Å². The fourth-order valence-electron chi connectivity index (χ4n) is 4.17. The Morgan fingerprint density at radius 2 is 1.81 bits per heavy atom. The van der Waals surface area contributed by atoms with E-state index >= 15 is 0 Å². The lowest BCUT2D eigenvalue weighted by Gasteiger charge is -2.36. The summed E-state index contributed by atoms with van der Waals surface area (Å²) in [6.07, 6.45) is 0.615. The minimum atomic E-state index is -4.35. The van der Waals surface area contributed by atoms with E-state index < -0.39 is 26.6 Å². The molecule has 138 valence electrons. The first-order chi connectivity index (χ1) is 12.3. The van der Waals surface area contributed by atoms with Gasteiger partial charge in [0, 0.05) is 12.5 Å². The van der Waals surface area contributed by atoms with E-state index in [9.17, 15) is 17.2 Å². The molecule has 2 aliphatic rings. The average molecular weight is 378 g/mol. The summed E-state index contributed by atoms with van der Waals surface area (Å²) in [5.74, 6) is -2.13. The number of halogens is 2. The molecule has 2 aliphatic heterocycles. The van der Waals surface area contributed by atoms with Crippen LogP contribution in [0.1, 0.15) is 23.5 Å². The van der Waals surface area contributed by atoms with Crippen LogP contribution in [0, 0.1) is 18.6 Å². The first kappa shape index (κ1) is 17.4. The number of nitrogens with zero attached hydrogens (tertiary/aromatic N) is 2. The van der Waals surface area contributed by atoms with Crippen molar-refractivity contribution in [3.8, 4) is 0 Å². The summed E-state index contributed by atoms with van der Waals surface area (Å²) in [4.78, 5) is 1.29. The van der Waals surface area contributed by atoms with Gasteiger partial charge in [0.15, 0.2) is 4.90 Å². The summed E-state index contributed by atoms with van der Waals surface area (Å²) < 4.78 is 56.4. The van der Waals surface area contributed by atoms with E-state index in [0.717, 1.165) is 29.8 Å². The summed E-state index contributed by atoms with van der Waals surface area (Å²) in [6.45, 7) is 3.41. The van der Waals surface area contributed by atoms with Crippen molar-refractivity contribution in [3.63, 3.8) is 0 Å². The second-order valence-corrected chi connectivity index (χ2v) is 8.89. The first-order valence-electron chi connectivity index (χ1n) is 8.58. The highest BCUT2D eigenvalue weighted by Crippen LogP contribution is 2.47. The van der Waals surface area contributed by atoms with Crippen molar-refractivity contribution in [1.82, 2.24) is 4.90 Å². The molecule has 26 heavy (non-hydrogen) atoms. The maximum absolute atomic E-state index is 14.3. The zero-order chi connectivity index (χ0) is 18.6. The van der Waals surface area contributed by atoms with Crippen LogP contribution < -0.4 is 4.31 Å². The highest BCUT2D eigenvalue weighted by atomic mass is 32.2. The summed E-state index contributed by atoms with van der Waals surface area (Å²) in [6, 6.07) is 8.37. The molecule has 2 aromatic carbocycles. The number of hydrogen-bond donors (Lipinski definition) is 0. The lowest BCUT2D eigenvalue weighted by molar-refractivity contribution is 0.237. The van der Waals surface area contributed by atoms with Crippen molar-refractivity contribution < 1.29 is 17.2 Å². The van der Waals surface area contributed by atoms with Crippen LogP contribution in [0.4, 0.5) is 14.5 Å². The number of benzene rings is 2. The molecule has 1 saturated heterocycles. The van der Waals surface area contributed by atoms with Crippen molar-refractivity contribution in [2.24, 2.45) is 0 Å². The Labute approximate surface area is 152 Å². The van der Waals surface area contributed by atoms with Crippen molar-refractivity contribution in [1.29, 1.82) is 0 Å². The Bertz CT molecular complexity index is 957. The van der Waals surface area contributed by atoms with Gasteiger partial charge < -0.3 is 4.90 Å². The van der Waals surface area contributed by atoms with Crippen molar-refractivity contribution in [2.75, 3.05) is 24.4 Å². The van der Waals surface area contributed by atoms with Crippen LogP contribution >= 0.6 is 0 Å². The minimum Gasteiger partial charge on any atom is -0.306 e. The van der Waals surface area contributed by atoms with Gasteiger partial charge in [0.2, 0.25) is 0 Å². The molecule has 2 heterocycles. The molecule has 4 nitrogen and oxygen atoms in total. The Morgan fingerprint density at radius 3 is 2.50 bits per heavy atom. The highest BCUT2D eigenvalue weighted by molar-refractivity contribution is 7.93. The number of piperidine rings is 1. The highest BCUT2D eigenvalue weighted by Gasteiger charge is 2.47. The maximum Gasteiger partial charge on any atom is 0.270 e. The summed E-state index contributed by atoms with van der Waals surface area (Å²) in [5, 5.41) is 0. The normalized spacial score (nSPS) is 23.0. The third-order valence-corrected chi connectivity index (χ3v) is 7.23. The van der Waals surface area contributed by atoms with Crippen LogP contribution in [0.15, 0.2) is 41.3 Å². The Hall–Kier alpha value is -1.99. The molecule has 0 aromatic heterocycles. The van der Waals surface area contributed by atoms with Crippen molar-refractivity contribution in [2.45, 2.75) is 30.2 Å². The standard InChI is InChI=1S/C19H20F2N2O2S/c1-12-6-7-17-13(10-12)14-11-22(2)9-8-18(14)23(17)26(24,25)19-15(20)4-3-5-16(19)21/h3-7,10,14,18H,8-9,11H2,1-2H3. The number of anilines is 1. The van der Waals surface area contributed by atoms with Crippen LogP contribution in [0.25, 0.3) is 0 Å². The predicted octanol–water partition coefficient (Wildman–Crippen LogP) is 3.27. The van der Waals surface area contributed by atoms with Crippen LogP contribution in [-0.2, 0) is 10.0 Å². The molecule has 2 aromatic rings. The van der Waals surface area contributed by atoms with Crippen molar-refractivity contribution >= 4 is 15.7 Å². The van der Waals surface area contributed by atoms with E-state index in [0.29, 0.717) is 18.7 Å². The molecule has 2 unspecified atom stereocenters. The molecule has 0 saturated carbocycles. The average Bonchev–Trinajstić information content (AvgIpc) is 2.88. The van der Waals surface area contributed by atoms with Crippen molar-refractivity contribution in [3.05, 3.63) is 59.2 Å². The Kier molecular flexibility index (Phi) is 4.04. The first-order valence-corrected chi connectivity index (χ1v) is 10.0. The van der Waals surface area contributed by atoms with Crippen LogP contribution in [-0.4, -0.2) is 39.5 Å². The largest absolute Gasteiger partial charge is 0.306 e. The molecule has 1 fully saturated rings. The minimum absolute atomic E-state index is 0.00624. The monoisotopic (exact) mass is 378 g/mol. The lowest BCUT2D eigenvalue weighted by Crippen LogP contribution is -2.47. The quantitative estimate of drug-likeness (QED) is 0.805. The Balaban J connectivity index is 1.91. The molecule has 4 rings (SSSR count). The number of aryl methyl sites for hydroxylation is 1. The number of fused-ring (bicyclic) bond motifs is 3. The van der Waals surface area contributed by atoms with Gasteiger partial charge in [-0.1, -0.05) is 23.8 Å². The number of sulfonamides is 1. The van der Waals surface area contributed by atoms with Gasteiger partial charge in [0.05, 0.1) is 11.7 Å². The molecule has 0 spiro atoms. The van der Waals surface area contributed by atoms with Gasteiger partial charge in [-0.15, -0.1) is 0 Å². The topological polar surface area (TPSA) is 40.6 Å². The lowest BCUT2D eigenvalue weighted by atomic mass is 9.89. The second-order valence-electron chi connectivity index (χ2n) is 7.14. The van der Waals surface area contributed by atoms with Crippen LogP contribution in [0.5, 0.6) is 0 Å². The maximum atomic E-state index is 14.3. The second kappa shape index (κ2) is 6.03. The van der Waals surface area contributed by atoms with Gasteiger partial charge in [-0.05, 0) is 50.7 Å².